The minimum atomic E-state index is -0.847. The second-order valence-electron chi connectivity index (χ2n) is 7.28. The normalized spacial score (nSPS) is 17.7. The summed E-state index contributed by atoms with van der Waals surface area (Å²) in [6.45, 7) is 4.47. The molecule has 3 heterocycles. The highest BCUT2D eigenvalue weighted by molar-refractivity contribution is 7.15. The third-order valence-electron chi connectivity index (χ3n) is 5.08. The Morgan fingerprint density at radius 1 is 1.12 bits per heavy atom. The number of ketones is 1. The topological polar surface area (TPSA) is 106 Å². The van der Waals surface area contributed by atoms with E-state index >= 15 is 0 Å². The lowest BCUT2D eigenvalue weighted by Gasteiger charge is -2.22. The number of carbonyl (C=O) groups is 2. The number of hydrogen-bond acceptors (Lipinski definition) is 8. The van der Waals surface area contributed by atoms with Crippen molar-refractivity contribution in [1.82, 2.24) is 15.2 Å². The van der Waals surface area contributed by atoms with Crippen LogP contribution >= 0.6 is 11.3 Å². The molecule has 32 heavy (non-hydrogen) atoms. The van der Waals surface area contributed by atoms with Gasteiger partial charge in [-0.1, -0.05) is 36.8 Å². The first kappa shape index (κ1) is 21.6. The zero-order valence-electron chi connectivity index (χ0n) is 17.7. The molecule has 0 aliphatic carbocycles. The van der Waals surface area contributed by atoms with Gasteiger partial charge in [0, 0.05) is 18.0 Å². The van der Waals surface area contributed by atoms with Crippen LogP contribution in [0.1, 0.15) is 41.9 Å². The average Bonchev–Trinajstić information content (AvgIpc) is 3.35. The lowest BCUT2D eigenvalue weighted by atomic mass is 9.95. The van der Waals surface area contributed by atoms with Gasteiger partial charge in [-0.2, -0.15) is 0 Å². The number of aryl methyl sites for hydroxylation is 1. The van der Waals surface area contributed by atoms with Crippen LogP contribution in [0.5, 0.6) is 5.75 Å². The molecule has 1 amide bonds. The summed E-state index contributed by atoms with van der Waals surface area (Å²) in [5.41, 5.74) is 1.04. The number of amides is 1. The van der Waals surface area contributed by atoms with Gasteiger partial charge in [-0.25, -0.2) is 0 Å². The summed E-state index contributed by atoms with van der Waals surface area (Å²) >= 11 is 1.21. The summed E-state index contributed by atoms with van der Waals surface area (Å²) in [6, 6.07) is 9.49. The Balaban J connectivity index is 1.80. The second kappa shape index (κ2) is 9.27. The fourth-order valence-electron chi connectivity index (χ4n) is 3.47. The van der Waals surface area contributed by atoms with Crippen LogP contribution in [0, 0.1) is 6.92 Å². The molecule has 164 valence electrons. The van der Waals surface area contributed by atoms with Gasteiger partial charge in [0.15, 0.2) is 0 Å². The minimum Gasteiger partial charge on any atom is -0.507 e. The molecule has 3 aromatic rings. The first-order valence-corrected chi connectivity index (χ1v) is 11.1. The van der Waals surface area contributed by atoms with Gasteiger partial charge in [-0.05, 0) is 43.2 Å². The largest absolute Gasteiger partial charge is 0.507 e. The number of aliphatic hydroxyl groups excluding tert-OH is 1. The highest BCUT2D eigenvalue weighted by Gasteiger charge is 2.48. The molecular weight excluding hydrogens is 428 g/mol. The number of anilines is 1. The molecule has 1 atom stereocenters. The van der Waals surface area contributed by atoms with E-state index in [9.17, 15) is 14.7 Å². The summed E-state index contributed by atoms with van der Waals surface area (Å²) in [5, 5.41) is 20.0. The van der Waals surface area contributed by atoms with Crippen molar-refractivity contribution < 1.29 is 19.4 Å². The molecule has 1 fully saturated rings. The quantitative estimate of drug-likeness (QED) is 0.251. The second-order valence-corrected chi connectivity index (χ2v) is 8.44. The van der Waals surface area contributed by atoms with Crippen LogP contribution in [0.2, 0.25) is 0 Å². The number of nitrogens with zero attached hydrogens (tertiary/aromatic N) is 4. The number of aliphatic hydroxyl groups is 1. The molecule has 0 spiro atoms. The molecule has 0 bridgehead atoms. The van der Waals surface area contributed by atoms with Crippen molar-refractivity contribution in [3.63, 3.8) is 0 Å². The number of benzene rings is 1. The van der Waals surface area contributed by atoms with Crippen molar-refractivity contribution in [3.8, 4) is 5.75 Å². The molecule has 0 saturated carbocycles. The molecule has 1 unspecified atom stereocenters. The Bertz CT molecular complexity index is 1160. The lowest BCUT2D eigenvalue weighted by Crippen LogP contribution is -2.29. The van der Waals surface area contributed by atoms with E-state index in [0.29, 0.717) is 33.6 Å². The molecule has 8 nitrogen and oxygen atoms in total. The molecule has 1 N–H and O–H groups in total. The molecular formula is C23H22N4O4S. The van der Waals surface area contributed by atoms with Crippen molar-refractivity contribution in [1.29, 1.82) is 0 Å². The van der Waals surface area contributed by atoms with Crippen LogP contribution < -0.4 is 9.64 Å². The molecule has 2 aromatic heterocycles. The Hall–Kier alpha value is -3.59. The van der Waals surface area contributed by atoms with Gasteiger partial charge in [0.1, 0.15) is 16.5 Å². The Morgan fingerprint density at radius 2 is 1.84 bits per heavy atom. The molecule has 4 rings (SSSR count). The predicted octanol–water partition coefficient (Wildman–Crippen LogP) is 4.05. The molecule has 0 radical (unpaired) electrons. The van der Waals surface area contributed by atoms with Crippen LogP contribution in [-0.4, -0.2) is 38.6 Å². The Kier molecular flexibility index (Phi) is 6.27. The van der Waals surface area contributed by atoms with Crippen molar-refractivity contribution in [3.05, 3.63) is 70.5 Å². The number of rotatable bonds is 7. The lowest BCUT2D eigenvalue weighted by molar-refractivity contribution is -0.132. The maximum absolute atomic E-state index is 13.0. The van der Waals surface area contributed by atoms with Gasteiger partial charge >= 0.3 is 5.91 Å². The standard InChI is InChI=1S/C23H22N4O4S/c1-3-4-13-31-17-7-5-15(6-8-17)19-18(20(28)16-9-11-24-12-10-16)21(29)22(30)27(19)23-26-25-14(2)32-23/h5-12,19,28H,3-4,13H2,1-2H3. The van der Waals surface area contributed by atoms with E-state index in [-0.39, 0.29) is 11.3 Å². The van der Waals surface area contributed by atoms with Crippen molar-refractivity contribution in [2.24, 2.45) is 0 Å². The molecule has 1 aliphatic rings. The minimum absolute atomic E-state index is 0.00583. The molecule has 1 aromatic carbocycles. The number of Topliss-reactive ketones (excluding diaryl/α,β-unsaturated/α-hetero) is 1. The van der Waals surface area contributed by atoms with Crippen LogP contribution in [-0.2, 0) is 9.59 Å². The van der Waals surface area contributed by atoms with Gasteiger partial charge in [0.05, 0.1) is 18.2 Å². The van der Waals surface area contributed by atoms with Crippen molar-refractivity contribution in [2.45, 2.75) is 32.7 Å². The monoisotopic (exact) mass is 450 g/mol. The Labute approximate surface area is 189 Å². The highest BCUT2D eigenvalue weighted by atomic mass is 32.1. The zero-order chi connectivity index (χ0) is 22.7. The number of hydrogen-bond donors (Lipinski definition) is 1. The molecule has 1 aliphatic heterocycles. The first-order valence-electron chi connectivity index (χ1n) is 10.3. The van der Waals surface area contributed by atoms with Gasteiger partial charge in [0.2, 0.25) is 5.13 Å². The van der Waals surface area contributed by atoms with Gasteiger partial charge < -0.3 is 9.84 Å². The number of carbonyl (C=O) groups excluding carboxylic acids is 2. The summed E-state index contributed by atoms with van der Waals surface area (Å²) in [4.78, 5) is 31.3. The average molecular weight is 451 g/mol. The van der Waals surface area contributed by atoms with Gasteiger partial charge in [0.25, 0.3) is 5.78 Å². The number of ether oxygens (including phenoxy) is 1. The first-order chi connectivity index (χ1) is 15.5. The Morgan fingerprint density at radius 3 is 2.47 bits per heavy atom. The maximum Gasteiger partial charge on any atom is 0.301 e. The summed E-state index contributed by atoms with van der Waals surface area (Å²) in [5.74, 6) is -1.10. The van der Waals surface area contributed by atoms with E-state index in [2.05, 4.69) is 22.1 Å². The number of unbranched alkanes of at least 4 members (excludes halogenated alkanes) is 1. The van der Waals surface area contributed by atoms with Crippen molar-refractivity contribution >= 4 is 33.9 Å². The van der Waals surface area contributed by atoms with Crippen LogP contribution in [0.4, 0.5) is 5.13 Å². The molecule has 1 saturated heterocycles. The zero-order valence-corrected chi connectivity index (χ0v) is 18.5. The third kappa shape index (κ3) is 4.11. The number of aromatic nitrogens is 3. The molecule has 9 heteroatoms. The fourth-order valence-corrected chi connectivity index (χ4v) is 4.19. The van der Waals surface area contributed by atoms with E-state index in [1.54, 1.807) is 43.3 Å². The van der Waals surface area contributed by atoms with Gasteiger partial charge in [-0.3, -0.25) is 19.5 Å². The van der Waals surface area contributed by atoms with Crippen LogP contribution in [0.15, 0.2) is 54.4 Å². The summed E-state index contributed by atoms with van der Waals surface area (Å²) in [7, 11) is 0. The van der Waals surface area contributed by atoms with Crippen molar-refractivity contribution in [2.75, 3.05) is 11.5 Å². The van der Waals surface area contributed by atoms with E-state index < -0.39 is 17.7 Å². The fraction of sp³-hybridized carbons (Fsp3) is 0.261. The smallest absolute Gasteiger partial charge is 0.301 e. The summed E-state index contributed by atoms with van der Waals surface area (Å²) in [6.07, 6.45) is 5.00. The SMILES string of the molecule is CCCCOc1ccc(C2C(=C(O)c3ccncc3)C(=O)C(=O)N2c2nnc(C)s2)cc1. The maximum atomic E-state index is 13.0. The highest BCUT2D eigenvalue weighted by Crippen LogP contribution is 2.43. The third-order valence-corrected chi connectivity index (χ3v) is 5.92. The summed E-state index contributed by atoms with van der Waals surface area (Å²) < 4.78 is 5.73. The number of pyridine rings is 1. The van der Waals surface area contributed by atoms with Crippen LogP contribution in [0.3, 0.4) is 0 Å². The van der Waals surface area contributed by atoms with Crippen LogP contribution in [0.25, 0.3) is 5.76 Å². The van der Waals surface area contributed by atoms with E-state index in [1.807, 2.05) is 0 Å². The van der Waals surface area contributed by atoms with E-state index in [0.717, 1.165) is 12.8 Å². The van der Waals surface area contributed by atoms with Gasteiger partial charge in [-0.15, -0.1) is 10.2 Å². The van der Waals surface area contributed by atoms with E-state index in [1.165, 1.54) is 28.6 Å². The predicted molar refractivity (Wildman–Crippen MR) is 121 cm³/mol. The van der Waals surface area contributed by atoms with E-state index in [4.69, 9.17) is 4.74 Å².